The van der Waals surface area contributed by atoms with Crippen LogP contribution in [-0.2, 0) is 38.1 Å². The number of esters is 3. The van der Waals surface area contributed by atoms with Crippen LogP contribution in [-0.4, -0.2) is 54.7 Å². The first-order valence-corrected chi connectivity index (χ1v) is 12.3. The molecular weight excluding hydrogens is 440 g/mol. The van der Waals surface area contributed by atoms with Crippen LogP contribution in [0.4, 0.5) is 0 Å². The van der Waals surface area contributed by atoms with Crippen molar-refractivity contribution in [2.45, 2.75) is 117 Å². The van der Waals surface area contributed by atoms with Crippen molar-refractivity contribution in [3.63, 3.8) is 0 Å². The van der Waals surface area contributed by atoms with Crippen LogP contribution >= 0.6 is 0 Å². The molecule has 0 aromatic carbocycles. The molecule has 8 heteroatoms. The fraction of sp³-hybridized carbons (Fsp3) is 0.808. The highest BCUT2D eigenvalue weighted by molar-refractivity contribution is 5.68. The smallest absolute Gasteiger partial charge is 0.303 e. The number of fused-ring (bicyclic) bond motifs is 1. The molecule has 0 bridgehead atoms. The Balaban J connectivity index is 1.82. The van der Waals surface area contributed by atoms with Crippen molar-refractivity contribution in [1.82, 2.24) is 0 Å². The molecule has 1 heterocycles. The van der Waals surface area contributed by atoms with Crippen LogP contribution in [0.3, 0.4) is 0 Å². The van der Waals surface area contributed by atoms with Crippen molar-refractivity contribution in [3.8, 4) is 0 Å². The van der Waals surface area contributed by atoms with Crippen molar-refractivity contribution >= 4 is 17.9 Å². The maximum atomic E-state index is 11.9. The molecule has 0 aromatic heterocycles. The van der Waals surface area contributed by atoms with Crippen LogP contribution in [0.25, 0.3) is 0 Å². The summed E-state index contributed by atoms with van der Waals surface area (Å²) in [6.07, 6.45) is 2.76. The lowest BCUT2D eigenvalue weighted by Gasteiger charge is -2.49. The molecule has 1 saturated heterocycles. The summed E-state index contributed by atoms with van der Waals surface area (Å²) in [5.74, 6) is -1.44. The molecule has 1 saturated carbocycles. The maximum Gasteiger partial charge on any atom is 0.303 e. The van der Waals surface area contributed by atoms with Gasteiger partial charge in [-0.15, -0.1) is 0 Å². The number of carbonyl (C=O) groups excluding carboxylic acids is 3. The van der Waals surface area contributed by atoms with Gasteiger partial charge in [0.1, 0.15) is 0 Å². The minimum atomic E-state index is -1.07. The fourth-order valence-electron chi connectivity index (χ4n) is 5.90. The van der Waals surface area contributed by atoms with Crippen molar-refractivity contribution in [1.29, 1.82) is 0 Å². The van der Waals surface area contributed by atoms with E-state index in [0.717, 1.165) is 25.7 Å². The number of hydrogen-bond donors (Lipinski definition) is 0. The Kier molecular flexibility index (Phi) is 8.13. The third-order valence-electron chi connectivity index (χ3n) is 7.73. The second-order valence-corrected chi connectivity index (χ2v) is 10.8. The Morgan fingerprint density at radius 1 is 0.971 bits per heavy atom. The largest absolute Gasteiger partial charge is 0.456 e. The second-order valence-electron chi connectivity index (χ2n) is 10.8. The monoisotopic (exact) mass is 480 g/mol. The van der Waals surface area contributed by atoms with Gasteiger partial charge in [0.25, 0.3) is 0 Å². The summed E-state index contributed by atoms with van der Waals surface area (Å²) in [6, 6.07) is 0. The van der Waals surface area contributed by atoms with E-state index in [1.807, 2.05) is 13.8 Å². The lowest BCUT2D eigenvalue weighted by Crippen LogP contribution is -2.60. The number of hydrogen-bond acceptors (Lipinski definition) is 8. The summed E-state index contributed by atoms with van der Waals surface area (Å²) >= 11 is 0. The van der Waals surface area contributed by atoms with Gasteiger partial charge < -0.3 is 23.7 Å². The Hall–Kier alpha value is -1.93. The molecule has 6 unspecified atom stereocenters. The highest BCUT2D eigenvalue weighted by atomic mass is 16.7. The van der Waals surface area contributed by atoms with Gasteiger partial charge in [-0.2, -0.15) is 0 Å². The zero-order chi connectivity index (χ0) is 25.3. The highest BCUT2D eigenvalue weighted by Crippen LogP contribution is 2.53. The second kappa shape index (κ2) is 10.4. The highest BCUT2D eigenvalue weighted by Gasteiger charge is 2.51. The first-order valence-electron chi connectivity index (χ1n) is 12.3. The Morgan fingerprint density at radius 2 is 1.59 bits per heavy atom. The van der Waals surface area contributed by atoms with Crippen molar-refractivity contribution < 1.29 is 38.1 Å². The molecule has 3 rings (SSSR count). The molecule has 0 radical (unpaired) electrons. The Labute approximate surface area is 202 Å². The van der Waals surface area contributed by atoms with Gasteiger partial charge in [0.2, 0.25) is 0 Å². The predicted molar refractivity (Wildman–Crippen MR) is 124 cm³/mol. The SMILES string of the molecule is CC(=O)OC1COC(OC(C)(C)C2CCC3(C)CCCC(C)=C3C2)C(OC(C)=O)C1OC(C)=O. The normalized spacial score (nSPS) is 34.1. The quantitative estimate of drug-likeness (QED) is 0.316. The minimum Gasteiger partial charge on any atom is -0.456 e. The average molecular weight is 481 g/mol. The van der Waals surface area contributed by atoms with Crippen LogP contribution < -0.4 is 0 Å². The number of ether oxygens (including phenoxy) is 5. The van der Waals surface area contributed by atoms with Crippen LogP contribution in [0.15, 0.2) is 11.1 Å². The van der Waals surface area contributed by atoms with E-state index < -0.39 is 48.1 Å². The summed E-state index contributed by atoms with van der Waals surface area (Å²) in [5, 5.41) is 0. The average Bonchev–Trinajstić information content (AvgIpc) is 2.70. The summed E-state index contributed by atoms with van der Waals surface area (Å²) in [7, 11) is 0. The van der Waals surface area contributed by atoms with Gasteiger partial charge in [-0.05, 0) is 70.6 Å². The molecule has 3 aliphatic rings. The van der Waals surface area contributed by atoms with Crippen molar-refractivity contribution in [2.75, 3.05) is 6.61 Å². The number of rotatable bonds is 6. The molecule has 34 heavy (non-hydrogen) atoms. The van der Waals surface area contributed by atoms with Crippen LogP contribution in [0.5, 0.6) is 0 Å². The maximum absolute atomic E-state index is 11.9. The van der Waals surface area contributed by atoms with E-state index in [1.54, 1.807) is 5.57 Å². The van der Waals surface area contributed by atoms with Gasteiger partial charge in [0, 0.05) is 20.8 Å². The van der Waals surface area contributed by atoms with Crippen LogP contribution in [0.2, 0.25) is 0 Å². The summed E-state index contributed by atoms with van der Waals surface area (Å²) in [5.41, 5.74) is 2.74. The standard InChI is InChI=1S/C26H40O8/c1-15-9-8-11-26(7)12-10-19(13-20(15)26)25(5,6)34-24-23(33-18(4)29)22(32-17(3)28)21(14-30-24)31-16(2)27/h19,21-24H,8-14H2,1-7H3. The molecule has 0 aromatic rings. The van der Waals surface area contributed by atoms with E-state index in [2.05, 4.69) is 13.8 Å². The lowest BCUT2D eigenvalue weighted by molar-refractivity contribution is -0.309. The van der Waals surface area contributed by atoms with Gasteiger partial charge in [-0.3, -0.25) is 14.4 Å². The van der Waals surface area contributed by atoms with Gasteiger partial charge in [-0.25, -0.2) is 0 Å². The van der Waals surface area contributed by atoms with Crippen LogP contribution in [0, 0.1) is 11.3 Å². The van der Waals surface area contributed by atoms with Gasteiger partial charge in [0.05, 0.1) is 12.2 Å². The summed E-state index contributed by atoms with van der Waals surface area (Å²) in [4.78, 5) is 35.3. The van der Waals surface area contributed by atoms with Crippen LogP contribution in [0.1, 0.15) is 87.0 Å². The first kappa shape index (κ1) is 26.7. The molecule has 0 N–H and O–H groups in total. The third kappa shape index (κ3) is 6.00. The van der Waals surface area contributed by atoms with Gasteiger partial charge in [-0.1, -0.05) is 18.1 Å². The number of allylic oxidation sites excluding steroid dienone is 2. The lowest BCUT2D eigenvalue weighted by atomic mass is 9.59. The van der Waals surface area contributed by atoms with Gasteiger partial charge >= 0.3 is 17.9 Å². The van der Waals surface area contributed by atoms with E-state index >= 15 is 0 Å². The van der Waals surface area contributed by atoms with E-state index in [0.29, 0.717) is 0 Å². The molecule has 2 aliphatic carbocycles. The molecule has 2 fully saturated rings. The van der Waals surface area contributed by atoms with E-state index in [4.69, 9.17) is 23.7 Å². The molecule has 8 nitrogen and oxygen atoms in total. The first-order chi connectivity index (χ1) is 15.8. The molecule has 6 atom stereocenters. The fourth-order valence-corrected chi connectivity index (χ4v) is 5.90. The Morgan fingerprint density at radius 3 is 2.21 bits per heavy atom. The molecule has 0 amide bonds. The van der Waals surface area contributed by atoms with E-state index in [1.165, 1.54) is 39.2 Å². The van der Waals surface area contributed by atoms with Gasteiger partial charge in [0.15, 0.2) is 24.6 Å². The molecular formula is C26H40O8. The molecule has 0 spiro atoms. The van der Waals surface area contributed by atoms with Crippen molar-refractivity contribution in [2.24, 2.45) is 11.3 Å². The topological polar surface area (TPSA) is 97.4 Å². The number of carbonyl (C=O) groups is 3. The Bertz CT molecular complexity index is 831. The summed E-state index contributed by atoms with van der Waals surface area (Å²) < 4.78 is 28.7. The third-order valence-corrected chi connectivity index (χ3v) is 7.73. The zero-order valence-electron chi connectivity index (χ0n) is 21.6. The van der Waals surface area contributed by atoms with E-state index in [-0.39, 0.29) is 17.9 Å². The summed E-state index contributed by atoms with van der Waals surface area (Å²) in [6.45, 7) is 12.4. The van der Waals surface area contributed by atoms with Crippen molar-refractivity contribution in [3.05, 3.63) is 11.1 Å². The van der Waals surface area contributed by atoms with E-state index in [9.17, 15) is 14.4 Å². The zero-order valence-corrected chi connectivity index (χ0v) is 21.6. The molecule has 1 aliphatic heterocycles. The predicted octanol–water partition coefficient (Wildman–Crippen LogP) is 4.24. The minimum absolute atomic E-state index is 0.0387. The molecule has 192 valence electrons.